The molecule has 1 fully saturated rings. The molecule has 0 spiro atoms. The van der Waals surface area contributed by atoms with Gasteiger partial charge in [-0.15, -0.1) is 0 Å². The highest BCUT2D eigenvalue weighted by atomic mass is 35.5. The van der Waals surface area contributed by atoms with Crippen LogP contribution >= 0.6 is 22.4 Å². The van der Waals surface area contributed by atoms with Gasteiger partial charge >= 0.3 is 5.76 Å². The lowest BCUT2D eigenvalue weighted by Crippen LogP contribution is -2.37. The Morgan fingerprint density at radius 1 is 1.06 bits per heavy atom. The second kappa shape index (κ2) is 9.05. The number of piperidine rings is 1. The predicted molar refractivity (Wildman–Crippen MR) is 133 cm³/mol. The van der Waals surface area contributed by atoms with E-state index < -0.39 is 10.8 Å². The number of carbonyl (C=O) groups excluding carboxylic acids is 1. The van der Waals surface area contributed by atoms with E-state index in [9.17, 15) is 18.7 Å². The Kier molecular flexibility index (Phi) is 6.24. The summed E-state index contributed by atoms with van der Waals surface area (Å²) >= 11 is 5.97. The molecule has 0 atom stereocenters. The number of hydrogen-bond donors (Lipinski definition) is 2. The van der Waals surface area contributed by atoms with E-state index in [1.165, 1.54) is 16.4 Å². The van der Waals surface area contributed by atoms with Gasteiger partial charge in [-0.2, -0.15) is 0 Å². The van der Waals surface area contributed by atoms with Crippen LogP contribution in [0.4, 0.5) is 0 Å². The lowest BCUT2D eigenvalue weighted by Gasteiger charge is -2.37. The van der Waals surface area contributed by atoms with Crippen LogP contribution in [0.3, 0.4) is 0 Å². The molecule has 0 aliphatic carbocycles. The number of aromatic nitrogens is 1. The average molecular weight is 506 g/mol. The van der Waals surface area contributed by atoms with Gasteiger partial charge in [-0.25, -0.2) is 9.10 Å². The zero-order chi connectivity index (χ0) is 24.0. The normalized spacial score (nSPS) is 19.6. The third-order valence-electron chi connectivity index (χ3n) is 6.78. The second-order valence-corrected chi connectivity index (χ2v) is 11.4. The van der Waals surface area contributed by atoms with Crippen LogP contribution in [-0.2, 0) is 0 Å². The molecule has 8 nitrogen and oxygen atoms in total. The molecule has 3 heterocycles. The van der Waals surface area contributed by atoms with Crippen LogP contribution < -0.4 is 5.76 Å². The van der Waals surface area contributed by atoms with Crippen molar-refractivity contribution in [1.82, 2.24) is 13.8 Å². The van der Waals surface area contributed by atoms with Crippen molar-refractivity contribution >= 4 is 39.4 Å². The molecule has 0 unspecified atom stereocenters. The monoisotopic (exact) mass is 505 g/mol. The summed E-state index contributed by atoms with van der Waals surface area (Å²) < 4.78 is 29.6. The lowest BCUT2D eigenvalue weighted by molar-refractivity contribution is 0.0859. The number of oxazole rings is 1. The topological polar surface area (TPSA) is 99.2 Å². The largest absolute Gasteiger partial charge is 0.420 e. The molecule has 10 heteroatoms. The summed E-state index contributed by atoms with van der Waals surface area (Å²) in [5.74, 6) is -0.679. The van der Waals surface area contributed by atoms with Crippen molar-refractivity contribution < 1.29 is 18.3 Å². The summed E-state index contributed by atoms with van der Waals surface area (Å²) in [4.78, 5) is 27.7. The smallest absolute Gasteiger partial charge is 0.408 e. The van der Waals surface area contributed by atoms with Crippen LogP contribution in [0.25, 0.3) is 11.1 Å². The molecule has 2 aliphatic heterocycles. The number of hydrogen-bond acceptors (Lipinski definition) is 6. The highest BCUT2D eigenvalue weighted by Crippen LogP contribution is 2.58. The van der Waals surface area contributed by atoms with Gasteiger partial charge in [0.15, 0.2) is 5.58 Å². The standard InChI is InChI=1S/C24H28ClN3O5S/c1-16-4-6-20-21(14-16)33-24(30)28(20)18-8-12-26(13-9-18)10-2-3-11-27-23(29)19-15-17(25)5-7-22(19)34(27,31)32/h4-7,14-15,18,31-32H,2-3,8-13H2,1H3. The van der Waals surface area contributed by atoms with E-state index in [1.54, 1.807) is 10.6 Å². The molecule has 34 heavy (non-hydrogen) atoms. The summed E-state index contributed by atoms with van der Waals surface area (Å²) in [6.45, 7) is 4.85. The fourth-order valence-electron chi connectivity index (χ4n) is 4.99. The highest BCUT2D eigenvalue weighted by Gasteiger charge is 2.41. The van der Waals surface area contributed by atoms with Gasteiger partial charge in [0.1, 0.15) is 0 Å². The van der Waals surface area contributed by atoms with Crippen molar-refractivity contribution in [3.8, 4) is 0 Å². The summed E-state index contributed by atoms with van der Waals surface area (Å²) in [7, 11) is -3.30. The molecule has 2 N–H and O–H groups in total. The quantitative estimate of drug-likeness (QED) is 0.449. The van der Waals surface area contributed by atoms with Gasteiger partial charge in [-0.1, -0.05) is 28.4 Å². The fraction of sp³-hybridized carbons (Fsp3) is 0.417. The van der Waals surface area contributed by atoms with E-state index in [4.69, 9.17) is 16.0 Å². The molecule has 0 radical (unpaired) electrons. The first-order chi connectivity index (χ1) is 16.3. The van der Waals surface area contributed by atoms with Crippen molar-refractivity contribution in [2.75, 3.05) is 26.2 Å². The van der Waals surface area contributed by atoms with Gasteiger partial charge in [0, 0.05) is 30.7 Å². The third kappa shape index (κ3) is 4.16. The van der Waals surface area contributed by atoms with Crippen LogP contribution in [0, 0.1) is 6.92 Å². The summed E-state index contributed by atoms with van der Waals surface area (Å²) in [5, 5.41) is 0.397. The third-order valence-corrected chi connectivity index (χ3v) is 8.92. The molecule has 2 aliphatic rings. The number of nitrogens with zero attached hydrogens (tertiary/aromatic N) is 3. The number of carbonyl (C=O) groups is 1. The van der Waals surface area contributed by atoms with Crippen molar-refractivity contribution in [2.45, 2.75) is 43.5 Å². The number of fused-ring (bicyclic) bond motifs is 2. The zero-order valence-electron chi connectivity index (χ0n) is 18.9. The van der Waals surface area contributed by atoms with Gasteiger partial charge in [0.2, 0.25) is 0 Å². The fourth-order valence-corrected chi connectivity index (χ4v) is 6.80. The lowest BCUT2D eigenvalue weighted by atomic mass is 10.0. The molecule has 5 rings (SSSR count). The Morgan fingerprint density at radius 2 is 1.79 bits per heavy atom. The molecule has 2 aromatic carbocycles. The minimum atomic E-state index is -3.30. The Hall–Kier alpha value is -2.30. The van der Waals surface area contributed by atoms with Gasteiger partial charge in [0.05, 0.1) is 16.0 Å². The van der Waals surface area contributed by atoms with E-state index in [0.717, 1.165) is 50.0 Å². The number of unbranched alkanes of at least 4 members (excludes halogenated alkanes) is 1. The minimum absolute atomic E-state index is 0.119. The summed E-state index contributed by atoms with van der Waals surface area (Å²) in [6.07, 6.45) is 3.22. The Morgan fingerprint density at radius 3 is 2.56 bits per heavy atom. The van der Waals surface area contributed by atoms with E-state index in [2.05, 4.69) is 4.90 Å². The first kappa shape index (κ1) is 23.4. The second-order valence-electron chi connectivity index (χ2n) is 9.06. The molecule has 1 saturated heterocycles. The van der Waals surface area contributed by atoms with Crippen molar-refractivity contribution in [1.29, 1.82) is 0 Å². The Balaban J connectivity index is 1.13. The van der Waals surface area contributed by atoms with E-state index in [-0.39, 0.29) is 34.7 Å². The maximum atomic E-state index is 12.7. The van der Waals surface area contributed by atoms with Crippen molar-refractivity contribution in [2.24, 2.45) is 0 Å². The minimum Gasteiger partial charge on any atom is -0.408 e. The Labute approximate surface area is 204 Å². The first-order valence-electron chi connectivity index (χ1n) is 11.5. The molecule has 1 aromatic heterocycles. The Bertz CT molecular complexity index is 1300. The summed E-state index contributed by atoms with van der Waals surface area (Å²) in [5.41, 5.74) is 2.82. The molecule has 1 amide bonds. The molecular weight excluding hydrogens is 478 g/mol. The van der Waals surface area contributed by atoms with E-state index >= 15 is 0 Å². The maximum absolute atomic E-state index is 12.7. The SMILES string of the molecule is Cc1ccc2c(c1)oc(=O)n2C1CCN(CCCCN2C(=O)c3cc(Cl)ccc3S2(O)O)CC1. The number of halogens is 1. The van der Waals surface area contributed by atoms with Crippen LogP contribution in [-0.4, -0.2) is 55.0 Å². The van der Waals surface area contributed by atoms with Gasteiger partial charge in [0.25, 0.3) is 5.91 Å². The van der Waals surface area contributed by atoms with E-state index in [1.807, 2.05) is 25.1 Å². The van der Waals surface area contributed by atoms with E-state index in [0.29, 0.717) is 17.0 Å². The maximum Gasteiger partial charge on any atom is 0.420 e. The van der Waals surface area contributed by atoms with Crippen LogP contribution in [0.1, 0.15) is 47.6 Å². The van der Waals surface area contributed by atoms with Gasteiger partial charge in [-0.3, -0.25) is 18.5 Å². The number of rotatable bonds is 6. The number of benzene rings is 2. The van der Waals surface area contributed by atoms with Crippen LogP contribution in [0.15, 0.2) is 50.5 Å². The predicted octanol–water partition coefficient (Wildman–Crippen LogP) is 5.15. The molecule has 182 valence electrons. The van der Waals surface area contributed by atoms with Crippen molar-refractivity contribution in [3.05, 3.63) is 63.1 Å². The zero-order valence-corrected chi connectivity index (χ0v) is 20.5. The number of amides is 1. The van der Waals surface area contributed by atoms with Crippen molar-refractivity contribution in [3.63, 3.8) is 0 Å². The number of aryl methyl sites for hydroxylation is 1. The number of likely N-dealkylation sites (tertiary alicyclic amines) is 1. The molecule has 0 saturated carbocycles. The van der Waals surface area contributed by atoms with Gasteiger partial charge in [-0.05, 0) is 75.0 Å². The highest BCUT2D eigenvalue weighted by molar-refractivity contribution is 8.23. The molecule has 3 aromatic rings. The average Bonchev–Trinajstić information content (AvgIpc) is 3.21. The summed E-state index contributed by atoms with van der Waals surface area (Å²) in [6, 6.07) is 10.5. The van der Waals surface area contributed by atoms with Gasteiger partial charge < -0.3 is 9.32 Å². The van der Waals surface area contributed by atoms with Crippen LogP contribution in [0.5, 0.6) is 0 Å². The van der Waals surface area contributed by atoms with Crippen LogP contribution in [0.2, 0.25) is 5.02 Å². The first-order valence-corrected chi connectivity index (χ1v) is 13.4. The molecule has 0 bridgehead atoms. The molecular formula is C24H28ClN3O5S.